The summed E-state index contributed by atoms with van der Waals surface area (Å²) in [4.78, 5) is 16.9. The summed E-state index contributed by atoms with van der Waals surface area (Å²) in [7, 11) is 3.53. The van der Waals surface area contributed by atoms with E-state index >= 15 is 0 Å². The molecule has 0 bridgehead atoms. The van der Waals surface area contributed by atoms with Crippen LogP contribution >= 0.6 is 0 Å². The Balaban J connectivity index is 1.34. The van der Waals surface area contributed by atoms with Gasteiger partial charge in [0.2, 0.25) is 0 Å². The predicted molar refractivity (Wildman–Crippen MR) is 146 cm³/mol. The summed E-state index contributed by atoms with van der Waals surface area (Å²) in [6, 6.07) is 10.8. The summed E-state index contributed by atoms with van der Waals surface area (Å²) in [6.45, 7) is 3.22. The minimum absolute atomic E-state index is 0.389. The van der Waals surface area contributed by atoms with Crippen molar-refractivity contribution in [1.82, 2.24) is 19.7 Å². The number of anilines is 4. The van der Waals surface area contributed by atoms with Crippen LogP contribution in [0.2, 0.25) is 0 Å². The number of aryl methyl sites for hydroxylation is 1. The van der Waals surface area contributed by atoms with Crippen molar-refractivity contribution < 1.29 is 23.1 Å². The Kier molecular flexibility index (Phi) is 7.18. The molecule has 0 radical (unpaired) electrons. The molecule has 1 unspecified atom stereocenters. The third-order valence-corrected chi connectivity index (χ3v) is 7.08. The minimum atomic E-state index is -0.635. The predicted octanol–water partition coefficient (Wildman–Crippen LogP) is 4.63. The fourth-order valence-corrected chi connectivity index (χ4v) is 5.18. The van der Waals surface area contributed by atoms with Crippen LogP contribution in [0.15, 0.2) is 55.0 Å². The van der Waals surface area contributed by atoms with E-state index in [0.717, 1.165) is 36.1 Å². The first-order valence-corrected chi connectivity index (χ1v) is 13.0. The van der Waals surface area contributed by atoms with Gasteiger partial charge in [0.1, 0.15) is 29.5 Å². The van der Waals surface area contributed by atoms with E-state index in [1.807, 2.05) is 29.9 Å². The molecular formula is C28H29F2N7O3. The molecule has 2 aromatic carbocycles. The van der Waals surface area contributed by atoms with Crippen LogP contribution in [0.25, 0.3) is 11.3 Å². The molecule has 208 valence electrons. The highest BCUT2D eigenvalue weighted by Gasteiger charge is 2.30. The maximum Gasteiger partial charge on any atom is 0.158 e. The molecule has 2 aliphatic rings. The van der Waals surface area contributed by atoms with Crippen molar-refractivity contribution in [2.45, 2.75) is 12.5 Å². The van der Waals surface area contributed by atoms with Gasteiger partial charge in [0.15, 0.2) is 5.82 Å². The van der Waals surface area contributed by atoms with Crippen LogP contribution < -0.4 is 20.0 Å². The van der Waals surface area contributed by atoms with Crippen molar-refractivity contribution in [2.75, 3.05) is 55.3 Å². The van der Waals surface area contributed by atoms with Crippen molar-refractivity contribution in [1.29, 1.82) is 0 Å². The Morgan fingerprint density at radius 1 is 1.00 bits per heavy atom. The van der Waals surface area contributed by atoms with Crippen LogP contribution in [-0.2, 0) is 16.6 Å². The van der Waals surface area contributed by atoms with Crippen molar-refractivity contribution in [3.05, 3.63) is 72.2 Å². The number of rotatable bonds is 7. The first-order chi connectivity index (χ1) is 19.5. The van der Waals surface area contributed by atoms with Gasteiger partial charge in [0.05, 0.1) is 50.0 Å². The number of nitrogens with zero attached hydrogens (tertiary/aromatic N) is 6. The number of methoxy groups -OCH3 is 1. The highest BCUT2D eigenvalue weighted by molar-refractivity contribution is 5.84. The van der Waals surface area contributed by atoms with Gasteiger partial charge in [-0.2, -0.15) is 5.10 Å². The van der Waals surface area contributed by atoms with Crippen molar-refractivity contribution >= 4 is 23.0 Å². The van der Waals surface area contributed by atoms with Gasteiger partial charge in [-0.25, -0.2) is 23.8 Å². The molecule has 1 atom stereocenters. The first-order valence-electron chi connectivity index (χ1n) is 13.0. The highest BCUT2D eigenvalue weighted by Crippen LogP contribution is 2.41. The van der Waals surface area contributed by atoms with Gasteiger partial charge in [0, 0.05) is 56.5 Å². The molecule has 0 saturated carbocycles. The van der Waals surface area contributed by atoms with Crippen molar-refractivity contribution in [3.63, 3.8) is 0 Å². The Morgan fingerprint density at radius 2 is 1.80 bits per heavy atom. The molecule has 6 rings (SSSR count). The van der Waals surface area contributed by atoms with E-state index in [-0.39, 0.29) is 0 Å². The maximum absolute atomic E-state index is 13.9. The summed E-state index contributed by atoms with van der Waals surface area (Å²) in [5, 5.41) is 9.30. The van der Waals surface area contributed by atoms with Crippen LogP contribution in [0, 0.1) is 11.6 Å². The van der Waals surface area contributed by atoms with Crippen molar-refractivity contribution in [2.24, 2.45) is 7.05 Å². The molecule has 0 aliphatic carbocycles. The van der Waals surface area contributed by atoms with Crippen LogP contribution in [0.5, 0.6) is 5.75 Å². The SMILES string of the molecule is COc1cc(N2CCOCC2)c(-c2ccnn2C)cc1Nc1cc(N2OCCC2c2cc(F)cc(F)c2)ncn1. The first kappa shape index (κ1) is 26.0. The molecule has 40 heavy (non-hydrogen) atoms. The van der Waals surface area contributed by atoms with Gasteiger partial charge in [-0.1, -0.05) is 0 Å². The van der Waals surface area contributed by atoms with E-state index in [1.165, 1.54) is 18.5 Å². The van der Waals surface area contributed by atoms with E-state index < -0.39 is 17.7 Å². The summed E-state index contributed by atoms with van der Waals surface area (Å²) in [5.41, 5.74) is 4.13. The number of halogens is 2. The molecule has 4 aromatic rings. The lowest BCUT2D eigenvalue weighted by Crippen LogP contribution is -2.36. The lowest BCUT2D eigenvalue weighted by atomic mass is 10.0. The molecule has 2 saturated heterocycles. The number of hydrogen-bond acceptors (Lipinski definition) is 9. The number of hydrogen-bond donors (Lipinski definition) is 1. The second-order valence-electron chi connectivity index (χ2n) is 9.56. The average Bonchev–Trinajstić information content (AvgIpc) is 3.62. The topological polar surface area (TPSA) is 89.8 Å². The van der Waals surface area contributed by atoms with Gasteiger partial charge in [-0.3, -0.25) is 9.52 Å². The summed E-state index contributed by atoms with van der Waals surface area (Å²) in [5.74, 6) is 0.323. The van der Waals surface area contributed by atoms with Gasteiger partial charge in [-0.15, -0.1) is 0 Å². The molecule has 0 amide bonds. The summed E-state index contributed by atoms with van der Waals surface area (Å²) >= 11 is 0. The lowest BCUT2D eigenvalue weighted by Gasteiger charge is -2.31. The monoisotopic (exact) mass is 549 g/mol. The number of nitrogens with one attached hydrogen (secondary N) is 1. The maximum atomic E-state index is 13.9. The standard InChI is InChI=1S/C28H29F2N7O3/c1-35-24(3-5-33-35)21-14-22(26(38-2)15-25(21)36-6-9-39-10-7-36)34-27-16-28(32-17-31-27)37-23(4-8-40-37)18-11-19(29)13-20(30)12-18/h3,5,11-17,23H,4,6-10H2,1-2H3,(H,31,32,34). The van der Waals surface area contributed by atoms with Gasteiger partial charge in [-0.05, 0) is 29.8 Å². The second kappa shape index (κ2) is 11.1. The Hall–Kier alpha value is -4.29. The zero-order chi connectivity index (χ0) is 27.6. The van der Waals surface area contributed by atoms with Gasteiger partial charge >= 0.3 is 0 Å². The zero-order valence-corrected chi connectivity index (χ0v) is 22.2. The molecule has 2 fully saturated rings. The zero-order valence-electron chi connectivity index (χ0n) is 22.2. The van der Waals surface area contributed by atoms with Crippen LogP contribution in [0.4, 0.5) is 31.8 Å². The molecule has 0 spiro atoms. The van der Waals surface area contributed by atoms with E-state index in [2.05, 4.69) is 25.3 Å². The summed E-state index contributed by atoms with van der Waals surface area (Å²) in [6.07, 6.45) is 3.74. The van der Waals surface area contributed by atoms with Crippen LogP contribution in [0.3, 0.4) is 0 Å². The Labute approximate surface area is 230 Å². The molecule has 12 heteroatoms. The smallest absolute Gasteiger partial charge is 0.158 e. The van der Waals surface area contributed by atoms with E-state index in [0.29, 0.717) is 54.9 Å². The number of benzene rings is 2. The third-order valence-electron chi connectivity index (χ3n) is 7.08. The number of morpholine rings is 1. The third kappa shape index (κ3) is 5.15. The minimum Gasteiger partial charge on any atom is -0.494 e. The molecule has 1 N–H and O–H groups in total. The number of hydroxylamine groups is 1. The Morgan fingerprint density at radius 3 is 2.52 bits per heavy atom. The van der Waals surface area contributed by atoms with Crippen molar-refractivity contribution in [3.8, 4) is 17.0 Å². The highest BCUT2D eigenvalue weighted by atomic mass is 19.1. The van der Waals surface area contributed by atoms with Crippen LogP contribution in [-0.4, -0.2) is 59.8 Å². The molecule has 4 heterocycles. The normalized spacial score (nSPS) is 17.4. The van der Waals surface area contributed by atoms with Crippen LogP contribution in [0.1, 0.15) is 18.0 Å². The molecular weight excluding hydrogens is 520 g/mol. The molecule has 2 aliphatic heterocycles. The lowest BCUT2D eigenvalue weighted by molar-refractivity contribution is 0.122. The largest absolute Gasteiger partial charge is 0.494 e. The molecule has 10 nitrogen and oxygen atoms in total. The van der Waals surface area contributed by atoms with E-state index in [4.69, 9.17) is 14.3 Å². The van der Waals surface area contributed by atoms with E-state index in [9.17, 15) is 8.78 Å². The fraction of sp³-hybridized carbons (Fsp3) is 0.321. The van der Waals surface area contributed by atoms with Gasteiger partial charge in [0.25, 0.3) is 0 Å². The second-order valence-corrected chi connectivity index (χ2v) is 9.56. The average molecular weight is 550 g/mol. The summed E-state index contributed by atoms with van der Waals surface area (Å²) < 4.78 is 41.1. The molecule has 2 aromatic heterocycles. The number of ether oxygens (including phenoxy) is 2. The van der Waals surface area contributed by atoms with E-state index in [1.54, 1.807) is 24.4 Å². The fourth-order valence-electron chi connectivity index (χ4n) is 5.18. The number of aromatic nitrogens is 4. The Bertz CT molecular complexity index is 1490. The van der Waals surface area contributed by atoms with Gasteiger partial charge < -0.3 is 19.7 Å². The quantitative estimate of drug-likeness (QED) is 0.355.